The summed E-state index contributed by atoms with van der Waals surface area (Å²) in [6.07, 6.45) is 2.11. The summed E-state index contributed by atoms with van der Waals surface area (Å²) in [5.41, 5.74) is 0. The quantitative estimate of drug-likeness (QED) is 0.202. The van der Waals surface area contributed by atoms with Crippen molar-refractivity contribution in [3.63, 3.8) is 0 Å². The molecule has 7 heteroatoms. The van der Waals surface area contributed by atoms with Crippen LogP contribution in [0.3, 0.4) is 0 Å². The topological polar surface area (TPSA) is 108 Å². The molecule has 0 aliphatic rings. The van der Waals surface area contributed by atoms with Crippen molar-refractivity contribution in [1.82, 2.24) is 15.5 Å². The van der Waals surface area contributed by atoms with Gasteiger partial charge >= 0.3 is 0 Å². The molecule has 0 unspecified atom stereocenters. The molecule has 0 saturated heterocycles. The Balaban J connectivity index is 3.53. The Bertz CT molecular complexity index is 226. The molecule has 0 spiro atoms. The second kappa shape index (κ2) is 9.62. The molecule has 0 aromatic rings. The van der Waals surface area contributed by atoms with Gasteiger partial charge in [0, 0.05) is 25.9 Å². The van der Waals surface area contributed by atoms with Crippen molar-refractivity contribution in [2.45, 2.75) is 51.4 Å². The van der Waals surface area contributed by atoms with Gasteiger partial charge in [-0.3, -0.25) is 10.6 Å². The van der Waals surface area contributed by atoms with Crippen LogP contribution >= 0.6 is 0 Å². The highest BCUT2D eigenvalue weighted by Gasteiger charge is 2.18. The molecule has 0 fully saturated rings. The van der Waals surface area contributed by atoms with Crippen molar-refractivity contribution in [3.05, 3.63) is 0 Å². The molecule has 0 aromatic heterocycles. The van der Waals surface area contributed by atoms with Gasteiger partial charge in [-0.15, -0.1) is 0 Å². The van der Waals surface area contributed by atoms with E-state index in [0.29, 0.717) is 13.1 Å². The summed E-state index contributed by atoms with van der Waals surface area (Å²) in [5, 5.41) is 42.7. The fourth-order valence-corrected chi connectivity index (χ4v) is 1.64. The monoisotopic (exact) mass is 293 g/mol. The van der Waals surface area contributed by atoms with Crippen LogP contribution in [-0.4, -0.2) is 70.4 Å². The molecule has 0 aliphatic carbocycles. The predicted molar refractivity (Wildman–Crippen MR) is 77.7 cm³/mol. The molecule has 0 bridgehead atoms. The standard InChI is InChI=1S/C13H31N3O4/c1-4-12(17,18)14-8-6-10-16(3)11-7-9-15-13(19,20)5-2/h14-15,17-20H,4-11H2,1-3H3. The molecular weight excluding hydrogens is 262 g/mol. The Hall–Kier alpha value is -0.280. The first-order valence-corrected chi connectivity index (χ1v) is 7.30. The Kier molecular flexibility index (Phi) is 9.48. The van der Waals surface area contributed by atoms with E-state index in [2.05, 4.69) is 15.5 Å². The molecule has 6 N–H and O–H groups in total. The van der Waals surface area contributed by atoms with E-state index in [-0.39, 0.29) is 12.8 Å². The van der Waals surface area contributed by atoms with Crippen molar-refractivity contribution in [2.75, 3.05) is 33.2 Å². The highest BCUT2D eigenvalue weighted by molar-refractivity contribution is 4.62. The van der Waals surface area contributed by atoms with E-state index in [4.69, 9.17) is 0 Å². The van der Waals surface area contributed by atoms with Crippen LogP contribution in [0.25, 0.3) is 0 Å². The zero-order chi connectivity index (χ0) is 15.6. The molecule has 0 aliphatic heterocycles. The van der Waals surface area contributed by atoms with Gasteiger partial charge in [-0.05, 0) is 33.0 Å². The average Bonchev–Trinajstić information content (AvgIpc) is 2.40. The largest absolute Gasteiger partial charge is 0.353 e. The van der Waals surface area contributed by atoms with Gasteiger partial charge in [-0.2, -0.15) is 0 Å². The summed E-state index contributed by atoms with van der Waals surface area (Å²) in [4.78, 5) is 2.12. The van der Waals surface area contributed by atoms with Crippen molar-refractivity contribution < 1.29 is 20.4 Å². The van der Waals surface area contributed by atoms with E-state index in [1.165, 1.54) is 0 Å². The van der Waals surface area contributed by atoms with Crippen LogP contribution in [0, 0.1) is 0 Å². The zero-order valence-electron chi connectivity index (χ0n) is 12.9. The Labute approximate surface area is 121 Å². The van der Waals surface area contributed by atoms with E-state index in [1.807, 2.05) is 7.05 Å². The second-order valence-corrected chi connectivity index (χ2v) is 5.20. The zero-order valence-corrected chi connectivity index (χ0v) is 12.9. The minimum Gasteiger partial charge on any atom is -0.353 e. The summed E-state index contributed by atoms with van der Waals surface area (Å²) in [5.74, 6) is -3.54. The smallest absolute Gasteiger partial charge is 0.222 e. The molecule has 20 heavy (non-hydrogen) atoms. The lowest BCUT2D eigenvalue weighted by Gasteiger charge is -2.23. The van der Waals surface area contributed by atoms with Gasteiger partial charge in [0.15, 0.2) is 0 Å². The normalized spacial score (nSPS) is 13.2. The molecule has 7 nitrogen and oxygen atoms in total. The van der Waals surface area contributed by atoms with Gasteiger partial charge < -0.3 is 25.3 Å². The van der Waals surface area contributed by atoms with Gasteiger partial charge in [0.05, 0.1) is 0 Å². The fraction of sp³-hybridized carbons (Fsp3) is 1.00. The van der Waals surface area contributed by atoms with E-state index < -0.39 is 11.8 Å². The van der Waals surface area contributed by atoms with Gasteiger partial charge in [0.1, 0.15) is 0 Å². The highest BCUT2D eigenvalue weighted by atomic mass is 16.5. The fourth-order valence-electron chi connectivity index (χ4n) is 1.64. The maximum atomic E-state index is 9.34. The minimum atomic E-state index is -1.77. The summed E-state index contributed by atoms with van der Waals surface area (Å²) in [6.45, 7) is 6.15. The summed E-state index contributed by atoms with van der Waals surface area (Å²) in [6, 6.07) is 0. The molecule has 0 atom stereocenters. The number of hydrogen-bond acceptors (Lipinski definition) is 7. The molecule has 0 heterocycles. The third-order valence-electron chi connectivity index (χ3n) is 3.24. The van der Waals surface area contributed by atoms with Crippen molar-refractivity contribution in [2.24, 2.45) is 0 Å². The van der Waals surface area contributed by atoms with Crippen LogP contribution < -0.4 is 10.6 Å². The lowest BCUT2D eigenvalue weighted by Crippen LogP contribution is -2.45. The lowest BCUT2D eigenvalue weighted by atomic mass is 10.3. The summed E-state index contributed by atoms with van der Waals surface area (Å²) in [7, 11) is 1.98. The minimum absolute atomic E-state index is 0.246. The van der Waals surface area contributed by atoms with E-state index in [1.54, 1.807) is 13.8 Å². The maximum absolute atomic E-state index is 9.34. The Morgan fingerprint density at radius 3 is 1.45 bits per heavy atom. The third-order valence-corrected chi connectivity index (χ3v) is 3.24. The van der Waals surface area contributed by atoms with Crippen LogP contribution in [0.4, 0.5) is 0 Å². The summed E-state index contributed by atoms with van der Waals surface area (Å²) < 4.78 is 0. The molecule has 0 aromatic carbocycles. The van der Waals surface area contributed by atoms with Crippen molar-refractivity contribution in [1.29, 1.82) is 0 Å². The number of rotatable bonds is 12. The van der Waals surface area contributed by atoms with E-state index in [9.17, 15) is 20.4 Å². The van der Waals surface area contributed by atoms with E-state index >= 15 is 0 Å². The SMILES string of the molecule is CCC(O)(O)NCCCN(C)CCCNC(O)(O)CC. The van der Waals surface area contributed by atoms with Gasteiger partial charge in [-0.1, -0.05) is 13.8 Å². The van der Waals surface area contributed by atoms with Crippen LogP contribution in [0.1, 0.15) is 39.5 Å². The number of aliphatic hydroxyl groups is 4. The number of nitrogens with zero attached hydrogens (tertiary/aromatic N) is 1. The predicted octanol–water partition coefficient (Wildman–Crippen LogP) is -1.03. The second-order valence-electron chi connectivity index (χ2n) is 5.20. The van der Waals surface area contributed by atoms with Crippen molar-refractivity contribution in [3.8, 4) is 0 Å². The molecule has 0 rings (SSSR count). The molecule has 122 valence electrons. The first-order valence-electron chi connectivity index (χ1n) is 7.30. The summed E-state index contributed by atoms with van der Waals surface area (Å²) >= 11 is 0. The third kappa shape index (κ3) is 10.5. The van der Waals surface area contributed by atoms with Crippen LogP contribution in [-0.2, 0) is 0 Å². The van der Waals surface area contributed by atoms with E-state index in [0.717, 1.165) is 25.9 Å². The maximum Gasteiger partial charge on any atom is 0.222 e. The van der Waals surface area contributed by atoms with Gasteiger partial charge in [0.25, 0.3) is 0 Å². The molecule has 0 saturated carbocycles. The molecule has 0 radical (unpaired) electrons. The van der Waals surface area contributed by atoms with Crippen LogP contribution in [0.15, 0.2) is 0 Å². The number of nitrogens with one attached hydrogen (secondary N) is 2. The van der Waals surface area contributed by atoms with Crippen molar-refractivity contribution >= 4 is 0 Å². The first-order chi connectivity index (χ1) is 9.22. The van der Waals surface area contributed by atoms with Gasteiger partial charge in [-0.25, -0.2) is 0 Å². The molecular formula is C13H31N3O4. The average molecular weight is 293 g/mol. The lowest BCUT2D eigenvalue weighted by molar-refractivity contribution is -0.187. The number of hydrogen-bond donors (Lipinski definition) is 6. The Morgan fingerprint density at radius 2 is 1.15 bits per heavy atom. The van der Waals surface area contributed by atoms with Gasteiger partial charge in [0.2, 0.25) is 11.8 Å². The van der Waals surface area contributed by atoms with Crippen LogP contribution in [0.5, 0.6) is 0 Å². The highest BCUT2D eigenvalue weighted by Crippen LogP contribution is 2.00. The molecule has 0 amide bonds. The Morgan fingerprint density at radius 1 is 0.800 bits per heavy atom. The van der Waals surface area contributed by atoms with Crippen LogP contribution in [0.2, 0.25) is 0 Å². The first kappa shape index (κ1) is 19.7.